The van der Waals surface area contributed by atoms with Crippen molar-refractivity contribution in [3.63, 3.8) is 0 Å². The van der Waals surface area contributed by atoms with E-state index in [2.05, 4.69) is 15.9 Å². The first-order valence-corrected chi connectivity index (χ1v) is 7.09. The first-order valence-electron chi connectivity index (χ1n) is 5.92. The van der Waals surface area contributed by atoms with Crippen molar-refractivity contribution >= 4 is 39.4 Å². The van der Waals surface area contributed by atoms with E-state index in [1.54, 1.807) is 37.5 Å². The molecule has 0 saturated heterocycles. The van der Waals surface area contributed by atoms with E-state index in [0.29, 0.717) is 16.3 Å². The fraction of sp³-hybridized carbons (Fsp3) is 0.0625. The van der Waals surface area contributed by atoms with E-state index in [0.717, 1.165) is 10.0 Å². The van der Waals surface area contributed by atoms with Crippen LogP contribution >= 0.6 is 27.5 Å². The third-order valence-corrected chi connectivity index (χ3v) is 3.57. The highest BCUT2D eigenvalue weighted by atomic mass is 79.9. The van der Waals surface area contributed by atoms with Gasteiger partial charge in [0.2, 0.25) is 0 Å². The second-order valence-electron chi connectivity index (χ2n) is 4.06. The van der Waals surface area contributed by atoms with Crippen molar-refractivity contribution < 1.29 is 9.53 Å². The molecule has 2 aromatic rings. The molecular weight excluding hydrogens is 340 g/mol. The number of halogens is 2. The number of hydrogen-bond acceptors (Lipinski definition) is 2. The molecule has 0 saturated carbocycles. The summed E-state index contributed by atoms with van der Waals surface area (Å²) >= 11 is 9.39. The van der Waals surface area contributed by atoms with Gasteiger partial charge in [0.15, 0.2) is 5.78 Å². The Bertz CT molecular complexity index is 665. The van der Waals surface area contributed by atoms with Gasteiger partial charge in [-0.2, -0.15) is 0 Å². The molecule has 0 aliphatic rings. The SMILES string of the molecule is COc1ccc(Br)cc1/C=C/C(=O)c1ccccc1Cl. The van der Waals surface area contributed by atoms with Gasteiger partial charge in [-0.3, -0.25) is 4.79 Å². The number of ether oxygens (including phenoxy) is 1. The van der Waals surface area contributed by atoms with Crippen LogP contribution in [0.1, 0.15) is 15.9 Å². The van der Waals surface area contributed by atoms with Crippen LogP contribution in [0.5, 0.6) is 5.75 Å². The molecule has 4 heteroatoms. The second-order valence-corrected chi connectivity index (χ2v) is 5.39. The largest absolute Gasteiger partial charge is 0.496 e. The van der Waals surface area contributed by atoms with E-state index in [4.69, 9.17) is 16.3 Å². The maximum Gasteiger partial charge on any atom is 0.187 e. The lowest BCUT2D eigenvalue weighted by Crippen LogP contribution is -1.95. The van der Waals surface area contributed by atoms with Gasteiger partial charge in [0.25, 0.3) is 0 Å². The maximum atomic E-state index is 12.1. The number of carbonyl (C=O) groups is 1. The van der Waals surface area contributed by atoms with Gasteiger partial charge in [-0.05, 0) is 42.5 Å². The Morgan fingerprint density at radius 1 is 1.25 bits per heavy atom. The topological polar surface area (TPSA) is 26.3 Å². The van der Waals surface area contributed by atoms with Gasteiger partial charge >= 0.3 is 0 Å². The molecule has 0 N–H and O–H groups in total. The summed E-state index contributed by atoms with van der Waals surface area (Å²) in [6.45, 7) is 0. The monoisotopic (exact) mass is 350 g/mol. The zero-order valence-corrected chi connectivity index (χ0v) is 13.1. The molecule has 2 nitrogen and oxygen atoms in total. The van der Waals surface area contributed by atoms with Crippen molar-refractivity contribution in [1.29, 1.82) is 0 Å². The number of carbonyl (C=O) groups excluding carboxylic acids is 1. The number of benzene rings is 2. The van der Waals surface area contributed by atoms with Crippen LogP contribution in [-0.4, -0.2) is 12.9 Å². The smallest absolute Gasteiger partial charge is 0.187 e. The molecule has 0 aliphatic carbocycles. The molecule has 0 atom stereocenters. The molecule has 0 spiro atoms. The zero-order chi connectivity index (χ0) is 14.5. The second kappa shape index (κ2) is 6.73. The molecule has 0 unspecified atom stereocenters. The predicted molar refractivity (Wildman–Crippen MR) is 85.5 cm³/mol. The Morgan fingerprint density at radius 2 is 2.00 bits per heavy atom. The zero-order valence-electron chi connectivity index (χ0n) is 10.8. The summed E-state index contributed by atoms with van der Waals surface area (Å²) in [6, 6.07) is 12.6. The summed E-state index contributed by atoms with van der Waals surface area (Å²) in [5.74, 6) is 0.564. The molecular formula is C16H12BrClO2. The standard InChI is InChI=1S/C16H12BrClO2/c1-20-16-9-7-12(17)10-11(16)6-8-15(19)13-4-2-3-5-14(13)18/h2-10H,1H3/b8-6+. The van der Waals surface area contributed by atoms with Gasteiger partial charge in [-0.1, -0.05) is 39.7 Å². The summed E-state index contributed by atoms with van der Waals surface area (Å²) < 4.78 is 6.17. The number of ketones is 1. The highest BCUT2D eigenvalue weighted by Crippen LogP contribution is 2.24. The van der Waals surface area contributed by atoms with Crippen molar-refractivity contribution in [2.45, 2.75) is 0 Å². The normalized spacial score (nSPS) is 10.8. The lowest BCUT2D eigenvalue weighted by molar-refractivity contribution is 0.104. The summed E-state index contributed by atoms with van der Waals surface area (Å²) in [7, 11) is 1.59. The van der Waals surface area contributed by atoms with Crippen LogP contribution in [0.4, 0.5) is 0 Å². The average molecular weight is 352 g/mol. The quantitative estimate of drug-likeness (QED) is 0.572. The minimum Gasteiger partial charge on any atom is -0.496 e. The first-order chi connectivity index (χ1) is 9.61. The van der Waals surface area contributed by atoms with Gasteiger partial charge in [-0.15, -0.1) is 0 Å². The van der Waals surface area contributed by atoms with Crippen LogP contribution in [0.15, 0.2) is 53.0 Å². The van der Waals surface area contributed by atoms with Gasteiger partial charge in [-0.25, -0.2) is 0 Å². The van der Waals surface area contributed by atoms with E-state index in [1.807, 2.05) is 18.2 Å². The van der Waals surface area contributed by atoms with E-state index in [-0.39, 0.29) is 5.78 Å². The van der Waals surface area contributed by atoms with Crippen LogP contribution < -0.4 is 4.74 Å². The van der Waals surface area contributed by atoms with Crippen molar-refractivity contribution in [3.8, 4) is 5.75 Å². The summed E-state index contributed by atoms with van der Waals surface area (Å²) in [4.78, 5) is 12.1. The minimum atomic E-state index is -0.141. The molecule has 0 aliphatic heterocycles. The highest BCUT2D eigenvalue weighted by Gasteiger charge is 2.07. The van der Waals surface area contributed by atoms with Gasteiger partial charge in [0, 0.05) is 15.6 Å². The third kappa shape index (κ3) is 3.50. The first kappa shape index (κ1) is 14.8. The van der Waals surface area contributed by atoms with E-state index in [9.17, 15) is 4.79 Å². The Balaban J connectivity index is 2.28. The van der Waals surface area contributed by atoms with Crippen LogP contribution in [0.25, 0.3) is 6.08 Å². The lowest BCUT2D eigenvalue weighted by Gasteiger charge is -2.05. The number of hydrogen-bond donors (Lipinski definition) is 0. The molecule has 0 fully saturated rings. The molecule has 20 heavy (non-hydrogen) atoms. The Hall–Kier alpha value is -1.58. The lowest BCUT2D eigenvalue weighted by atomic mass is 10.1. The van der Waals surface area contributed by atoms with Crippen LogP contribution in [0.2, 0.25) is 5.02 Å². The molecule has 102 valence electrons. The van der Waals surface area contributed by atoms with E-state index >= 15 is 0 Å². The van der Waals surface area contributed by atoms with Crippen molar-refractivity contribution in [2.24, 2.45) is 0 Å². The molecule has 0 amide bonds. The van der Waals surface area contributed by atoms with E-state index in [1.165, 1.54) is 6.08 Å². The Labute approximate surface area is 131 Å². The van der Waals surface area contributed by atoms with E-state index < -0.39 is 0 Å². The molecule has 0 aromatic heterocycles. The van der Waals surface area contributed by atoms with Crippen LogP contribution in [0, 0.1) is 0 Å². The number of rotatable bonds is 4. The number of methoxy groups -OCH3 is 1. The summed E-state index contributed by atoms with van der Waals surface area (Å²) in [5, 5.41) is 0.448. The fourth-order valence-electron chi connectivity index (χ4n) is 1.75. The molecule has 2 aromatic carbocycles. The van der Waals surface area contributed by atoms with Crippen LogP contribution in [0.3, 0.4) is 0 Å². The predicted octanol–water partition coefficient (Wildman–Crippen LogP) is 5.01. The maximum absolute atomic E-state index is 12.1. The summed E-state index contributed by atoms with van der Waals surface area (Å²) in [6.07, 6.45) is 3.21. The molecule has 0 heterocycles. The third-order valence-electron chi connectivity index (χ3n) is 2.75. The highest BCUT2D eigenvalue weighted by molar-refractivity contribution is 9.10. The van der Waals surface area contributed by atoms with Crippen LogP contribution in [-0.2, 0) is 0 Å². The fourth-order valence-corrected chi connectivity index (χ4v) is 2.36. The summed E-state index contributed by atoms with van der Waals surface area (Å²) in [5.41, 5.74) is 1.31. The van der Waals surface area contributed by atoms with Crippen molar-refractivity contribution in [1.82, 2.24) is 0 Å². The average Bonchev–Trinajstić information content (AvgIpc) is 2.45. The minimum absolute atomic E-state index is 0.141. The van der Waals surface area contributed by atoms with Gasteiger partial charge in [0.1, 0.15) is 5.75 Å². The van der Waals surface area contributed by atoms with Crippen molar-refractivity contribution in [3.05, 3.63) is 69.2 Å². The molecule has 0 radical (unpaired) electrons. The Morgan fingerprint density at radius 3 is 2.70 bits per heavy atom. The Kier molecular flexibility index (Phi) is 4.99. The molecule has 2 rings (SSSR count). The molecule has 0 bridgehead atoms. The van der Waals surface area contributed by atoms with Gasteiger partial charge in [0.05, 0.1) is 12.1 Å². The van der Waals surface area contributed by atoms with Gasteiger partial charge < -0.3 is 4.74 Å². The van der Waals surface area contributed by atoms with Crippen molar-refractivity contribution in [2.75, 3.05) is 7.11 Å². The number of allylic oxidation sites excluding steroid dienone is 1.